The van der Waals surface area contributed by atoms with Gasteiger partial charge in [0.05, 0.1) is 33.0 Å². The fraction of sp³-hybridized carbons (Fsp3) is 0. The third-order valence-corrected chi connectivity index (χ3v) is 2.65. The van der Waals surface area contributed by atoms with Crippen LogP contribution in [0.3, 0.4) is 0 Å². The number of halogens is 6. The fourth-order valence-corrected chi connectivity index (χ4v) is 0.401. The molecule has 0 spiro atoms. The van der Waals surface area contributed by atoms with Crippen molar-refractivity contribution < 1.29 is 29.7 Å². The number of aliphatic carboxylic acids is 3. The van der Waals surface area contributed by atoms with E-state index < -0.39 is 33.0 Å². The molecule has 13 heteroatoms. The minimum Gasteiger partial charge on any atom is -0.544 e. The number of carbonyl (C=O) groups excluding carboxylic acids is 3. The van der Waals surface area contributed by atoms with E-state index in [1.807, 2.05) is 0 Å². The summed E-state index contributed by atoms with van der Waals surface area (Å²) < 4.78 is 0. The molecular weight excluding hydrogens is 444 g/mol. The minimum atomic E-state index is -1.46. The Morgan fingerprint density at radius 3 is 0.727 bits per heavy atom. The molecule has 0 atom stereocenters. The predicted octanol–water partition coefficient (Wildman–Crippen LogP) is -0.215. The summed E-state index contributed by atoms with van der Waals surface area (Å²) in [7, 11) is 0. The molecule has 0 aromatic rings. The van der Waals surface area contributed by atoms with Gasteiger partial charge < -0.3 is 29.7 Å². The van der Waals surface area contributed by atoms with E-state index >= 15 is 0 Å². The van der Waals surface area contributed by atoms with E-state index in [4.69, 9.17) is 69.6 Å². The molecule has 0 rings (SSSR count). The minimum absolute atomic E-state index is 0. The number of carbonyl (C=O) groups is 3. The molecule has 0 heterocycles. The van der Waals surface area contributed by atoms with E-state index in [0.717, 1.165) is 16.6 Å². The number of carboxylic acids is 3. The molecule has 22 heavy (non-hydrogen) atoms. The number of hydrogen-bond acceptors (Lipinski definition) is 6. The summed E-state index contributed by atoms with van der Waals surface area (Å²) in [6.45, 7) is 0. The van der Waals surface area contributed by atoms with Gasteiger partial charge in [0.2, 0.25) is 0 Å². The van der Waals surface area contributed by atoms with Crippen molar-refractivity contribution in [1.82, 2.24) is 0 Å². The maximum atomic E-state index is 9.53. The van der Waals surface area contributed by atoms with Gasteiger partial charge in [-0.2, -0.15) is 0 Å². The Bertz CT molecular complexity index is 395. The van der Waals surface area contributed by atoms with Crippen LogP contribution in [0.25, 0.3) is 0 Å². The molecule has 0 fully saturated rings. The van der Waals surface area contributed by atoms with Crippen molar-refractivity contribution in [1.29, 1.82) is 0 Å². The van der Waals surface area contributed by atoms with E-state index in [9.17, 15) is 29.7 Å². The topological polar surface area (TPSA) is 120 Å². The van der Waals surface area contributed by atoms with E-state index in [1.54, 1.807) is 0 Å². The number of rotatable bonds is 3. The van der Waals surface area contributed by atoms with Gasteiger partial charge in [0.15, 0.2) is 0 Å². The second kappa shape index (κ2) is 19.0. The van der Waals surface area contributed by atoms with E-state index in [-0.39, 0.29) is 17.4 Å². The summed E-state index contributed by atoms with van der Waals surface area (Å²) >= 11 is 29.1. The van der Waals surface area contributed by atoms with Crippen molar-refractivity contribution in [2.75, 3.05) is 0 Å². The van der Waals surface area contributed by atoms with E-state index in [2.05, 4.69) is 0 Å². The molecular formula is C9H3AlCl6O6. The average Bonchev–Trinajstić information content (AvgIpc) is 2.45. The first-order chi connectivity index (χ1) is 9.54. The molecule has 6 nitrogen and oxygen atoms in total. The number of hydrogen-bond donors (Lipinski definition) is 0. The molecule has 0 bridgehead atoms. The standard InChI is InChI=1S/3C3H2Cl2O2.Al/c3*4-1-2(5)3(6)7;/h3*1H,(H,6,7);/q;;;+3/p-3/b3*2-1-;. The van der Waals surface area contributed by atoms with Crippen LogP contribution in [0.2, 0.25) is 0 Å². The molecule has 0 aromatic carbocycles. The van der Waals surface area contributed by atoms with E-state index in [1.165, 1.54) is 0 Å². The molecule has 0 saturated carbocycles. The molecule has 0 aromatic heterocycles. The van der Waals surface area contributed by atoms with Gasteiger partial charge in [-0.1, -0.05) is 69.6 Å². The Morgan fingerprint density at radius 1 is 0.591 bits per heavy atom. The zero-order valence-electron chi connectivity index (χ0n) is 10.0. The quantitative estimate of drug-likeness (QED) is 0.437. The Balaban J connectivity index is -0.000000108. The van der Waals surface area contributed by atoms with Crippen molar-refractivity contribution in [2.45, 2.75) is 0 Å². The van der Waals surface area contributed by atoms with Crippen molar-refractivity contribution in [2.24, 2.45) is 0 Å². The van der Waals surface area contributed by atoms with Crippen LogP contribution in [-0.2, 0) is 14.4 Å². The first kappa shape index (κ1) is 29.9. The van der Waals surface area contributed by atoms with Gasteiger partial charge in [0.25, 0.3) is 0 Å². The summed E-state index contributed by atoms with van der Waals surface area (Å²) in [5, 5.41) is 27.1. The van der Waals surface area contributed by atoms with Crippen molar-refractivity contribution >= 4 is 105 Å². The van der Waals surface area contributed by atoms with Crippen LogP contribution in [0.4, 0.5) is 0 Å². The fourth-order valence-electron chi connectivity index (χ4n) is 0.134. The van der Waals surface area contributed by atoms with Gasteiger partial charge in [-0.25, -0.2) is 0 Å². The monoisotopic (exact) mass is 444 g/mol. The van der Waals surface area contributed by atoms with Crippen LogP contribution < -0.4 is 15.3 Å². The van der Waals surface area contributed by atoms with Crippen molar-refractivity contribution in [3.05, 3.63) is 31.7 Å². The van der Waals surface area contributed by atoms with Gasteiger partial charge in [-0.15, -0.1) is 0 Å². The van der Waals surface area contributed by atoms with Crippen LogP contribution in [0, 0.1) is 0 Å². The molecule has 0 saturated heterocycles. The van der Waals surface area contributed by atoms with Gasteiger partial charge in [-0.3, -0.25) is 0 Å². The third-order valence-electron chi connectivity index (χ3n) is 0.872. The van der Waals surface area contributed by atoms with Crippen LogP contribution in [0.1, 0.15) is 0 Å². The second-order valence-electron chi connectivity index (χ2n) is 2.23. The largest absolute Gasteiger partial charge is 3.00 e. The van der Waals surface area contributed by atoms with Gasteiger partial charge in [0, 0.05) is 16.6 Å². The molecule has 0 amide bonds. The zero-order chi connectivity index (χ0) is 17.6. The normalized spacial score (nSPS) is 10.9. The summed E-state index contributed by atoms with van der Waals surface area (Å²) in [5.41, 5.74) is 2.20. The van der Waals surface area contributed by atoms with Gasteiger partial charge >= 0.3 is 17.4 Å². The smallest absolute Gasteiger partial charge is 0.544 e. The average molecular weight is 447 g/mol. The number of carboxylic acid groups (broad SMARTS) is 3. The molecule has 0 aliphatic rings. The molecule has 0 aliphatic heterocycles. The van der Waals surface area contributed by atoms with Gasteiger partial charge in [0.1, 0.15) is 0 Å². The van der Waals surface area contributed by atoms with Crippen LogP contribution >= 0.6 is 69.6 Å². The Hall–Kier alpha value is -0.0975. The maximum Gasteiger partial charge on any atom is 3.00 e. The molecule has 0 aliphatic carbocycles. The van der Waals surface area contributed by atoms with Crippen LogP contribution in [0.15, 0.2) is 31.7 Å². The summed E-state index contributed by atoms with van der Waals surface area (Å²) in [6.07, 6.45) is 0. The van der Waals surface area contributed by atoms with Crippen LogP contribution in [0.5, 0.6) is 0 Å². The summed E-state index contributed by atoms with van der Waals surface area (Å²) in [6, 6.07) is 0. The predicted molar refractivity (Wildman–Crippen MR) is 80.1 cm³/mol. The maximum absolute atomic E-state index is 9.53. The first-order valence-corrected chi connectivity index (χ1v) is 6.51. The van der Waals surface area contributed by atoms with E-state index in [0.29, 0.717) is 0 Å². The summed E-state index contributed by atoms with van der Waals surface area (Å²) in [5.74, 6) is -4.38. The summed E-state index contributed by atoms with van der Waals surface area (Å²) in [4.78, 5) is 28.6. The van der Waals surface area contributed by atoms with Gasteiger partial charge in [-0.05, 0) is 0 Å². The Morgan fingerprint density at radius 2 is 0.727 bits per heavy atom. The second-order valence-corrected chi connectivity index (χ2v) is 4.11. The van der Waals surface area contributed by atoms with Crippen molar-refractivity contribution in [3.8, 4) is 0 Å². The SMILES string of the molecule is O=C([O-])/C(Cl)=C/Cl.O=C([O-])/C(Cl)=C/Cl.O=C([O-])/C(Cl)=C/Cl.[Al+3]. The zero-order valence-corrected chi connectivity index (χ0v) is 15.7. The Kier molecular flexibility index (Phi) is 25.7. The molecule has 0 N–H and O–H groups in total. The third kappa shape index (κ3) is 22.2. The molecule has 120 valence electrons. The molecule has 0 unspecified atom stereocenters. The molecule has 0 radical (unpaired) electrons. The first-order valence-electron chi connectivity index (χ1n) is 4.06. The van der Waals surface area contributed by atoms with Crippen LogP contribution in [-0.4, -0.2) is 35.3 Å². The Labute approximate surface area is 165 Å². The van der Waals surface area contributed by atoms with Crippen molar-refractivity contribution in [3.63, 3.8) is 0 Å².